The SMILES string of the molecule is COc1cc(O)c([C@H](C=CC[C@@H](O)CCc2ccccc2)c2ccccc2)c(O)c1C(=O)C=Cc1ccccc1. The second kappa shape index (κ2) is 14.0. The average Bonchev–Trinajstić information content (AvgIpc) is 2.99. The van der Waals surface area contributed by atoms with Crippen molar-refractivity contribution in [2.45, 2.75) is 31.3 Å². The molecule has 0 saturated heterocycles. The predicted octanol–water partition coefficient (Wildman–Crippen LogP) is 7.07. The molecule has 0 spiro atoms. The van der Waals surface area contributed by atoms with E-state index in [0.717, 1.165) is 17.5 Å². The topological polar surface area (TPSA) is 87.0 Å². The fourth-order valence-electron chi connectivity index (χ4n) is 4.67. The highest BCUT2D eigenvalue weighted by Crippen LogP contribution is 2.45. The summed E-state index contributed by atoms with van der Waals surface area (Å²) in [6, 6.07) is 30.1. The van der Waals surface area contributed by atoms with E-state index in [1.54, 1.807) is 6.08 Å². The number of ketones is 1. The van der Waals surface area contributed by atoms with E-state index in [2.05, 4.69) is 0 Å². The number of hydrogen-bond acceptors (Lipinski definition) is 5. The van der Waals surface area contributed by atoms with Crippen LogP contribution < -0.4 is 4.74 Å². The van der Waals surface area contributed by atoms with Crippen LogP contribution in [0.4, 0.5) is 0 Å². The molecule has 0 aromatic heterocycles. The Balaban J connectivity index is 1.64. The fraction of sp³-hybridized carbons (Fsp3) is 0.171. The van der Waals surface area contributed by atoms with Crippen LogP contribution in [0, 0.1) is 0 Å². The third kappa shape index (κ3) is 7.28. The van der Waals surface area contributed by atoms with Crippen molar-refractivity contribution in [3.63, 3.8) is 0 Å². The summed E-state index contributed by atoms with van der Waals surface area (Å²) in [5.74, 6) is -1.48. The second-order valence-electron chi connectivity index (χ2n) is 9.57. The van der Waals surface area contributed by atoms with Gasteiger partial charge in [0.05, 0.1) is 13.2 Å². The largest absolute Gasteiger partial charge is 0.507 e. The van der Waals surface area contributed by atoms with Crippen LogP contribution in [0.25, 0.3) is 6.08 Å². The maximum atomic E-state index is 13.3. The first kappa shape index (κ1) is 28.4. The number of carbonyl (C=O) groups is 1. The van der Waals surface area contributed by atoms with Crippen molar-refractivity contribution >= 4 is 11.9 Å². The summed E-state index contributed by atoms with van der Waals surface area (Å²) in [6.07, 6.45) is 7.97. The van der Waals surface area contributed by atoms with Crippen LogP contribution >= 0.6 is 0 Å². The summed E-state index contributed by atoms with van der Waals surface area (Å²) in [4.78, 5) is 13.3. The molecule has 0 saturated carbocycles. The van der Waals surface area contributed by atoms with E-state index in [9.17, 15) is 20.1 Å². The monoisotopic (exact) mass is 534 g/mol. The predicted molar refractivity (Wildman–Crippen MR) is 159 cm³/mol. The molecule has 5 heteroatoms. The smallest absolute Gasteiger partial charge is 0.193 e. The summed E-state index contributed by atoms with van der Waals surface area (Å²) >= 11 is 0. The van der Waals surface area contributed by atoms with Crippen molar-refractivity contribution in [2.75, 3.05) is 7.11 Å². The Bertz CT molecular complexity index is 1440. The molecule has 2 atom stereocenters. The van der Waals surface area contributed by atoms with Crippen LogP contribution in [0.15, 0.2) is 115 Å². The summed E-state index contributed by atoms with van der Waals surface area (Å²) in [5.41, 5.74) is 2.98. The van der Waals surface area contributed by atoms with Crippen LogP contribution in [0.1, 0.15) is 51.4 Å². The van der Waals surface area contributed by atoms with E-state index in [4.69, 9.17) is 4.74 Å². The molecule has 0 aliphatic carbocycles. The summed E-state index contributed by atoms with van der Waals surface area (Å²) in [5, 5.41) is 33.0. The van der Waals surface area contributed by atoms with E-state index in [-0.39, 0.29) is 28.4 Å². The molecule has 0 heterocycles. The number of phenolic OH excluding ortho intramolecular Hbond substituents is 2. The van der Waals surface area contributed by atoms with Gasteiger partial charge in [0.25, 0.3) is 0 Å². The van der Waals surface area contributed by atoms with Gasteiger partial charge in [0.1, 0.15) is 22.8 Å². The zero-order chi connectivity index (χ0) is 28.3. The third-order valence-electron chi connectivity index (χ3n) is 6.79. The minimum atomic E-state index is -0.571. The summed E-state index contributed by atoms with van der Waals surface area (Å²) in [6.45, 7) is 0. The van der Waals surface area contributed by atoms with Crippen LogP contribution in [-0.4, -0.2) is 34.3 Å². The molecular weight excluding hydrogens is 500 g/mol. The number of ether oxygens (including phenoxy) is 1. The van der Waals surface area contributed by atoms with Gasteiger partial charge in [0.15, 0.2) is 5.78 Å². The number of aromatic hydroxyl groups is 2. The van der Waals surface area contributed by atoms with Gasteiger partial charge in [-0.2, -0.15) is 0 Å². The number of methoxy groups -OCH3 is 1. The Morgan fingerprint density at radius 1 is 0.900 bits per heavy atom. The first-order valence-corrected chi connectivity index (χ1v) is 13.3. The van der Waals surface area contributed by atoms with Gasteiger partial charge in [0, 0.05) is 17.5 Å². The number of rotatable bonds is 12. The van der Waals surface area contributed by atoms with E-state index in [1.807, 2.05) is 103 Å². The third-order valence-corrected chi connectivity index (χ3v) is 6.79. The lowest BCUT2D eigenvalue weighted by Gasteiger charge is -2.20. The molecule has 0 amide bonds. The Hall–Kier alpha value is -4.61. The van der Waals surface area contributed by atoms with Crippen molar-refractivity contribution in [3.8, 4) is 17.2 Å². The highest BCUT2D eigenvalue weighted by atomic mass is 16.5. The molecule has 5 nitrogen and oxygen atoms in total. The zero-order valence-electron chi connectivity index (χ0n) is 22.5. The molecule has 0 radical (unpaired) electrons. The highest BCUT2D eigenvalue weighted by Gasteiger charge is 2.27. The van der Waals surface area contributed by atoms with Gasteiger partial charge in [0.2, 0.25) is 0 Å². The number of phenols is 2. The molecular formula is C35H34O5. The van der Waals surface area contributed by atoms with E-state index in [1.165, 1.54) is 24.8 Å². The normalized spacial score (nSPS) is 12.9. The molecule has 4 aromatic rings. The van der Waals surface area contributed by atoms with Crippen LogP contribution in [0.5, 0.6) is 17.2 Å². The standard InChI is InChI=1S/C35H34O5/c1-40-32-24-31(38)33(35(39)34(32)30(37)23-21-26-14-7-3-8-15-26)29(27-16-9-4-10-17-27)19-11-18-28(36)22-20-25-12-5-2-6-13-25/h2-17,19,21,23-24,28-29,36,38-39H,18,20,22H2,1H3/t28-,29-/m1/s1. The lowest BCUT2D eigenvalue weighted by atomic mass is 9.87. The van der Waals surface area contributed by atoms with Gasteiger partial charge < -0.3 is 20.1 Å². The van der Waals surface area contributed by atoms with Gasteiger partial charge in [-0.25, -0.2) is 0 Å². The number of carbonyl (C=O) groups excluding carboxylic acids is 1. The van der Waals surface area contributed by atoms with Crippen molar-refractivity contribution in [2.24, 2.45) is 0 Å². The minimum Gasteiger partial charge on any atom is -0.507 e. The molecule has 4 rings (SSSR count). The number of hydrogen-bond donors (Lipinski definition) is 3. The maximum absolute atomic E-state index is 13.3. The molecule has 40 heavy (non-hydrogen) atoms. The van der Waals surface area contributed by atoms with Crippen molar-refractivity contribution in [1.29, 1.82) is 0 Å². The van der Waals surface area contributed by atoms with E-state index in [0.29, 0.717) is 12.8 Å². The fourth-order valence-corrected chi connectivity index (χ4v) is 4.67. The lowest BCUT2D eigenvalue weighted by molar-refractivity contribution is 0.104. The molecule has 0 aliphatic rings. The average molecular weight is 535 g/mol. The Morgan fingerprint density at radius 2 is 1.52 bits per heavy atom. The highest BCUT2D eigenvalue weighted by molar-refractivity contribution is 6.11. The lowest BCUT2D eigenvalue weighted by Crippen LogP contribution is -2.08. The van der Waals surface area contributed by atoms with Gasteiger partial charge in [-0.3, -0.25) is 4.79 Å². The number of allylic oxidation sites excluding steroid dienone is 2. The van der Waals surface area contributed by atoms with Gasteiger partial charge >= 0.3 is 0 Å². The van der Waals surface area contributed by atoms with Crippen molar-refractivity contribution < 1.29 is 24.9 Å². The van der Waals surface area contributed by atoms with E-state index < -0.39 is 17.8 Å². The summed E-state index contributed by atoms with van der Waals surface area (Å²) < 4.78 is 5.37. The number of benzene rings is 4. The maximum Gasteiger partial charge on any atom is 0.193 e. The number of aliphatic hydroxyl groups is 1. The zero-order valence-corrected chi connectivity index (χ0v) is 22.5. The summed E-state index contributed by atoms with van der Waals surface area (Å²) in [7, 11) is 1.39. The van der Waals surface area contributed by atoms with Crippen molar-refractivity contribution in [3.05, 3.63) is 143 Å². The first-order valence-electron chi connectivity index (χ1n) is 13.3. The number of aliphatic hydroxyl groups excluding tert-OH is 1. The van der Waals surface area contributed by atoms with Crippen LogP contribution in [0.2, 0.25) is 0 Å². The molecule has 0 unspecified atom stereocenters. The molecule has 3 N–H and O–H groups in total. The van der Waals surface area contributed by atoms with E-state index >= 15 is 0 Å². The van der Waals surface area contributed by atoms with Gasteiger partial charge in [-0.1, -0.05) is 109 Å². The Labute approximate surface area is 235 Å². The van der Waals surface area contributed by atoms with Crippen LogP contribution in [0.3, 0.4) is 0 Å². The molecule has 4 aromatic carbocycles. The first-order chi connectivity index (χ1) is 19.5. The minimum absolute atomic E-state index is 0.0280. The van der Waals surface area contributed by atoms with Gasteiger partial charge in [-0.15, -0.1) is 0 Å². The van der Waals surface area contributed by atoms with Gasteiger partial charge in [-0.05, 0) is 42.0 Å². The Morgan fingerprint density at radius 3 is 2.17 bits per heavy atom. The molecule has 204 valence electrons. The number of aryl methyl sites for hydroxylation is 1. The molecule has 0 aliphatic heterocycles. The molecule has 0 fully saturated rings. The Kier molecular flexibility index (Phi) is 9.92. The second-order valence-corrected chi connectivity index (χ2v) is 9.57. The quantitative estimate of drug-likeness (QED) is 0.103. The molecule has 0 bridgehead atoms. The van der Waals surface area contributed by atoms with Crippen molar-refractivity contribution in [1.82, 2.24) is 0 Å². The van der Waals surface area contributed by atoms with Crippen LogP contribution in [-0.2, 0) is 6.42 Å².